The maximum atomic E-state index is 13.7. The van der Waals surface area contributed by atoms with Crippen molar-refractivity contribution in [2.45, 2.75) is 64.7 Å². The first kappa shape index (κ1) is 24.1. The molecular weight excluding hydrogens is 478 g/mol. The van der Waals surface area contributed by atoms with Crippen molar-refractivity contribution in [1.29, 1.82) is 0 Å². The molecule has 184 valence electrons. The molecule has 4 heterocycles. The molecule has 3 aromatic heterocycles. The van der Waals surface area contributed by atoms with Crippen molar-refractivity contribution in [3.63, 3.8) is 0 Å². The van der Waals surface area contributed by atoms with E-state index in [1.165, 1.54) is 35.1 Å². The number of aromatic nitrogens is 4. The smallest absolute Gasteiger partial charge is 0.264 e. The molecule has 1 aromatic carbocycles. The van der Waals surface area contributed by atoms with Crippen LogP contribution in [0.15, 0.2) is 39.6 Å². The van der Waals surface area contributed by atoms with E-state index >= 15 is 0 Å². The Kier molecular flexibility index (Phi) is 6.72. The van der Waals surface area contributed by atoms with Crippen LogP contribution in [0.1, 0.15) is 45.6 Å². The van der Waals surface area contributed by atoms with E-state index in [1.807, 2.05) is 14.7 Å². The van der Waals surface area contributed by atoms with Gasteiger partial charge in [0.15, 0.2) is 5.16 Å². The summed E-state index contributed by atoms with van der Waals surface area (Å²) < 4.78 is 3.71. The summed E-state index contributed by atoms with van der Waals surface area (Å²) in [7, 11) is 0. The largest absolute Gasteiger partial charge is 0.339 e. The second kappa shape index (κ2) is 9.78. The molecule has 1 amide bonds. The molecule has 35 heavy (non-hydrogen) atoms. The quantitative estimate of drug-likeness (QED) is 0.333. The summed E-state index contributed by atoms with van der Waals surface area (Å²) in [6.45, 7) is 9.73. The lowest BCUT2D eigenvalue weighted by Gasteiger charge is -2.33. The van der Waals surface area contributed by atoms with Crippen molar-refractivity contribution in [2.24, 2.45) is 5.92 Å². The van der Waals surface area contributed by atoms with E-state index in [0.29, 0.717) is 28.6 Å². The van der Waals surface area contributed by atoms with E-state index in [1.54, 1.807) is 4.57 Å². The maximum Gasteiger partial charge on any atom is 0.264 e. The minimum absolute atomic E-state index is 0.0415. The Morgan fingerprint density at radius 3 is 2.69 bits per heavy atom. The summed E-state index contributed by atoms with van der Waals surface area (Å²) in [5.74, 6) is 1.25. The number of hydrogen-bond donors (Lipinski definition) is 0. The Balaban J connectivity index is 1.60. The Hall–Kier alpha value is -2.65. The van der Waals surface area contributed by atoms with Crippen LogP contribution in [-0.2, 0) is 11.3 Å². The number of benzene rings is 1. The normalized spacial score (nSPS) is 16.6. The Labute approximate surface area is 213 Å². The molecule has 0 spiro atoms. The molecule has 1 atom stereocenters. The van der Waals surface area contributed by atoms with Crippen LogP contribution >= 0.6 is 23.1 Å². The third kappa shape index (κ3) is 4.51. The molecule has 0 unspecified atom stereocenters. The number of aryl methyl sites for hydroxylation is 1. The molecule has 0 saturated carbocycles. The van der Waals surface area contributed by atoms with Gasteiger partial charge in [-0.3, -0.25) is 14.2 Å². The first-order chi connectivity index (χ1) is 16.8. The second-order valence-electron chi connectivity index (χ2n) is 9.84. The molecule has 1 saturated heterocycles. The van der Waals surface area contributed by atoms with Crippen LogP contribution in [0.25, 0.3) is 27.1 Å². The highest BCUT2D eigenvalue weighted by Gasteiger charge is 2.25. The van der Waals surface area contributed by atoms with Crippen LogP contribution in [0.4, 0.5) is 0 Å². The predicted molar refractivity (Wildman–Crippen MR) is 143 cm³/mol. The highest BCUT2D eigenvalue weighted by atomic mass is 32.2. The van der Waals surface area contributed by atoms with Crippen LogP contribution in [0.2, 0.25) is 0 Å². The molecule has 1 aliphatic heterocycles. The fourth-order valence-electron chi connectivity index (χ4n) is 4.81. The SMILES string of the molecule is Cc1ccc(-c2csc3c2c(=O)n(CC(C)C)c2nnc(SCC(=O)N4CCCC[C@@H]4C)n32)cc1. The van der Waals surface area contributed by atoms with Gasteiger partial charge in [0.25, 0.3) is 5.56 Å². The average molecular weight is 510 g/mol. The number of rotatable bonds is 6. The first-order valence-corrected chi connectivity index (χ1v) is 14.1. The average Bonchev–Trinajstić information content (AvgIpc) is 3.45. The summed E-state index contributed by atoms with van der Waals surface area (Å²) in [6.07, 6.45) is 3.30. The molecular formula is C26H31N5O2S2. The lowest BCUT2D eigenvalue weighted by molar-refractivity contribution is -0.131. The Bertz CT molecular complexity index is 1430. The monoisotopic (exact) mass is 509 g/mol. The Morgan fingerprint density at radius 1 is 1.20 bits per heavy atom. The van der Waals surface area contributed by atoms with Crippen LogP contribution in [0, 0.1) is 12.8 Å². The zero-order chi connectivity index (χ0) is 24.7. The molecule has 0 aliphatic carbocycles. The van der Waals surface area contributed by atoms with Gasteiger partial charge in [0, 0.05) is 30.1 Å². The van der Waals surface area contributed by atoms with Crippen molar-refractivity contribution in [3.8, 4) is 11.1 Å². The highest BCUT2D eigenvalue weighted by Crippen LogP contribution is 2.34. The lowest BCUT2D eigenvalue weighted by Crippen LogP contribution is -2.42. The van der Waals surface area contributed by atoms with Gasteiger partial charge in [-0.1, -0.05) is 55.4 Å². The van der Waals surface area contributed by atoms with E-state index in [-0.39, 0.29) is 23.4 Å². The first-order valence-electron chi connectivity index (χ1n) is 12.2. The summed E-state index contributed by atoms with van der Waals surface area (Å²) in [4.78, 5) is 29.5. The third-order valence-electron chi connectivity index (χ3n) is 6.65. The lowest BCUT2D eigenvalue weighted by atomic mass is 10.0. The number of fused-ring (bicyclic) bond motifs is 3. The summed E-state index contributed by atoms with van der Waals surface area (Å²) >= 11 is 2.93. The van der Waals surface area contributed by atoms with Crippen molar-refractivity contribution < 1.29 is 4.79 Å². The standard InChI is InChI=1S/C26H31N5O2S2/c1-16(2)13-30-23(33)22-20(19-10-8-17(3)9-11-19)14-34-24(22)31-25(30)27-28-26(31)35-15-21(32)29-12-6-5-7-18(29)4/h8-11,14,16,18H,5-7,12-13,15H2,1-4H3/t18-/m0/s1. The van der Waals surface area contributed by atoms with E-state index < -0.39 is 0 Å². The van der Waals surface area contributed by atoms with E-state index in [4.69, 9.17) is 0 Å². The second-order valence-corrected chi connectivity index (χ2v) is 11.6. The zero-order valence-corrected chi connectivity index (χ0v) is 22.3. The molecule has 0 radical (unpaired) electrons. The molecule has 1 fully saturated rings. The van der Waals surface area contributed by atoms with Gasteiger partial charge in [-0.15, -0.1) is 21.5 Å². The highest BCUT2D eigenvalue weighted by molar-refractivity contribution is 7.99. The summed E-state index contributed by atoms with van der Waals surface area (Å²) in [6, 6.07) is 8.54. The van der Waals surface area contributed by atoms with Gasteiger partial charge in [-0.25, -0.2) is 4.40 Å². The molecule has 1 aliphatic rings. The summed E-state index contributed by atoms with van der Waals surface area (Å²) in [5.41, 5.74) is 3.08. The fraction of sp³-hybridized carbons (Fsp3) is 0.462. The number of thiophene rings is 1. The van der Waals surface area contributed by atoms with Crippen molar-refractivity contribution in [3.05, 3.63) is 45.6 Å². The Morgan fingerprint density at radius 2 is 1.97 bits per heavy atom. The van der Waals surface area contributed by atoms with Gasteiger partial charge < -0.3 is 4.90 Å². The van der Waals surface area contributed by atoms with Gasteiger partial charge in [0.1, 0.15) is 4.83 Å². The number of amides is 1. The molecule has 0 bridgehead atoms. The van der Waals surface area contributed by atoms with Gasteiger partial charge >= 0.3 is 0 Å². The molecule has 0 N–H and O–H groups in total. The number of likely N-dealkylation sites (tertiary alicyclic amines) is 1. The summed E-state index contributed by atoms with van der Waals surface area (Å²) in [5, 5.41) is 12.2. The third-order valence-corrected chi connectivity index (χ3v) is 8.53. The number of carbonyl (C=O) groups is 1. The maximum absolute atomic E-state index is 13.7. The minimum Gasteiger partial charge on any atom is -0.339 e. The van der Waals surface area contributed by atoms with Crippen LogP contribution < -0.4 is 5.56 Å². The van der Waals surface area contributed by atoms with E-state index in [0.717, 1.165) is 35.3 Å². The van der Waals surface area contributed by atoms with E-state index in [2.05, 4.69) is 62.2 Å². The molecule has 5 rings (SSSR count). The molecule has 7 nitrogen and oxygen atoms in total. The van der Waals surface area contributed by atoms with Crippen LogP contribution in [0.3, 0.4) is 0 Å². The van der Waals surface area contributed by atoms with Crippen molar-refractivity contribution in [1.82, 2.24) is 24.1 Å². The topological polar surface area (TPSA) is 72.5 Å². The van der Waals surface area contributed by atoms with Crippen LogP contribution in [-0.4, -0.2) is 48.3 Å². The minimum atomic E-state index is -0.0415. The predicted octanol–water partition coefficient (Wildman–Crippen LogP) is 5.23. The van der Waals surface area contributed by atoms with Crippen molar-refractivity contribution >= 4 is 45.0 Å². The number of nitrogens with zero attached hydrogens (tertiary/aromatic N) is 5. The number of hydrogen-bond acceptors (Lipinski definition) is 6. The molecule has 4 aromatic rings. The number of thioether (sulfide) groups is 1. The number of piperidine rings is 1. The van der Waals surface area contributed by atoms with Gasteiger partial charge in [-0.2, -0.15) is 0 Å². The van der Waals surface area contributed by atoms with E-state index in [9.17, 15) is 9.59 Å². The fourth-order valence-corrected chi connectivity index (χ4v) is 6.75. The van der Waals surface area contributed by atoms with Crippen LogP contribution in [0.5, 0.6) is 0 Å². The number of carbonyl (C=O) groups excluding carboxylic acids is 1. The van der Waals surface area contributed by atoms with Gasteiger partial charge in [0.2, 0.25) is 11.7 Å². The van der Waals surface area contributed by atoms with Gasteiger partial charge in [0.05, 0.1) is 11.1 Å². The van der Waals surface area contributed by atoms with Gasteiger partial charge in [-0.05, 0) is 44.6 Å². The van der Waals surface area contributed by atoms with Crippen molar-refractivity contribution in [2.75, 3.05) is 12.3 Å². The zero-order valence-electron chi connectivity index (χ0n) is 20.7. The molecule has 9 heteroatoms.